The van der Waals surface area contributed by atoms with E-state index >= 15 is 0 Å². The molecular weight excluding hydrogens is 318 g/mol. The van der Waals surface area contributed by atoms with Crippen molar-refractivity contribution in [1.29, 1.82) is 0 Å². The second kappa shape index (κ2) is 6.10. The molecule has 3 heterocycles. The van der Waals surface area contributed by atoms with Crippen LogP contribution in [-0.2, 0) is 18.6 Å². The number of aryl methyl sites for hydroxylation is 2. The van der Waals surface area contributed by atoms with Gasteiger partial charge in [0.2, 0.25) is 0 Å². The van der Waals surface area contributed by atoms with Crippen LogP contribution in [0.5, 0.6) is 0 Å². The molecule has 0 saturated carbocycles. The smallest absolute Gasteiger partial charge is 0.258 e. The fourth-order valence-corrected chi connectivity index (χ4v) is 3.89. The number of hydrogen-bond acceptors (Lipinski definition) is 5. The van der Waals surface area contributed by atoms with E-state index in [0.717, 1.165) is 27.7 Å². The minimum absolute atomic E-state index is 0.00931. The summed E-state index contributed by atoms with van der Waals surface area (Å²) in [6.45, 7) is 1.90. The summed E-state index contributed by atoms with van der Waals surface area (Å²) in [7, 11) is 1.73. The third-order valence-electron chi connectivity index (χ3n) is 3.32. The van der Waals surface area contributed by atoms with Crippen LogP contribution >= 0.6 is 23.1 Å². The molecule has 0 saturated heterocycles. The second-order valence-electron chi connectivity index (χ2n) is 5.06. The Morgan fingerprint density at radius 2 is 2.05 bits per heavy atom. The lowest BCUT2D eigenvalue weighted by Gasteiger charge is -2.03. The molecule has 0 fully saturated rings. The Labute approximate surface area is 135 Å². The molecule has 0 atom stereocenters. The van der Waals surface area contributed by atoms with E-state index < -0.39 is 0 Å². The lowest BCUT2D eigenvalue weighted by Crippen LogP contribution is -2.15. The van der Waals surface area contributed by atoms with Crippen molar-refractivity contribution >= 4 is 28.1 Å². The van der Waals surface area contributed by atoms with Crippen LogP contribution in [0.4, 0.5) is 0 Å². The average molecular weight is 333 g/mol. The first-order valence-electron chi connectivity index (χ1n) is 6.74. The normalized spacial score (nSPS) is 11.2. The largest absolute Gasteiger partial charge is 0.319 e. The van der Waals surface area contributed by atoms with Crippen molar-refractivity contribution < 1.29 is 0 Å². The van der Waals surface area contributed by atoms with Crippen LogP contribution in [0.3, 0.4) is 0 Å². The number of fused-ring (bicyclic) bond motifs is 1. The topological polar surface area (TPSA) is 56.4 Å². The monoisotopic (exact) mass is 333 g/mol. The van der Waals surface area contributed by atoms with Crippen LogP contribution in [0.15, 0.2) is 39.4 Å². The number of rotatable bonds is 4. The molecule has 0 radical (unpaired) electrons. The molecular formula is C15H15N3O2S2. The molecule has 3 aromatic rings. The maximum atomic E-state index is 12.1. The molecule has 114 valence electrons. The lowest BCUT2D eigenvalue weighted by molar-refractivity contribution is 0.855. The van der Waals surface area contributed by atoms with Gasteiger partial charge in [0.1, 0.15) is 0 Å². The molecule has 22 heavy (non-hydrogen) atoms. The number of hydrogen-bond donors (Lipinski definition) is 0. The minimum Gasteiger partial charge on any atom is -0.319 e. The van der Waals surface area contributed by atoms with Gasteiger partial charge < -0.3 is 4.57 Å². The first kappa shape index (κ1) is 15.1. The Morgan fingerprint density at radius 1 is 1.23 bits per heavy atom. The van der Waals surface area contributed by atoms with Crippen molar-refractivity contribution in [2.75, 3.05) is 0 Å². The van der Waals surface area contributed by atoms with E-state index in [1.54, 1.807) is 46.1 Å². The number of nitrogens with zero attached hydrogens (tertiary/aromatic N) is 3. The van der Waals surface area contributed by atoms with Crippen molar-refractivity contribution in [3.63, 3.8) is 0 Å². The van der Waals surface area contributed by atoms with Gasteiger partial charge in [-0.05, 0) is 18.6 Å². The maximum absolute atomic E-state index is 12.1. The first-order chi connectivity index (χ1) is 10.5. The average Bonchev–Trinajstić information content (AvgIpc) is 2.85. The van der Waals surface area contributed by atoms with Gasteiger partial charge in [-0.15, -0.1) is 11.3 Å². The molecule has 0 N–H and O–H groups in total. The third kappa shape index (κ3) is 3.00. The zero-order valence-electron chi connectivity index (χ0n) is 12.3. The molecule has 0 amide bonds. The van der Waals surface area contributed by atoms with Crippen LogP contribution in [0.2, 0.25) is 0 Å². The molecule has 7 heteroatoms. The van der Waals surface area contributed by atoms with Crippen molar-refractivity contribution in [2.45, 2.75) is 18.4 Å². The van der Waals surface area contributed by atoms with Crippen LogP contribution < -0.4 is 11.1 Å². The maximum Gasteiger partial charge on any atom is 0.258 e. The zero-order valence-corrected chi connectivity index (χ0v) is 13.9. The molecule has 0 aromatic carbocycles. The van der Waals surface area contributed by atoms with Crippen molar-refractivity contribution in [3.8, 4) is 0 Å². The van der Waals surface area contributed by atoms with E-state index in [-0.39, 0.29) is 11.1 Å². The number of thiazole rings is 1. The third-order valence-corrected chi connectivity index (χ3v) is 5.30. The molecule has 0 spiro atoms. The van der Waals surface area contributed by atoms with Gasteiger partial charge in [0.15, 0.2) is 4.96 Å². The summed E-state index contributed by atoms with van der Waals surface area (Å²) >= 11 is 3.12. The van der Waals surface area contributed by atoms with Gasteiger partial charge in [-0.1, -0.05) is 0 Å². The van der Waals surface area contributed by atoms with E-state index in [4.69, 9.17) is 0 Å². The quantitative estimate of drug-likeness (QED) is 0.734. The van der Waals surface area contributed by atoms with E-state index in [1.807, 2.05) is 18.4 Å². The van der Waals surface area contributed by atoms with E-state index in [1.165, 1.54) is 11.3 Å². The lowest BCUT2D eigenvalue weighted by atomic mass is 10.3. The molecule has 0 bridgehead atoms. The highest BCUT2D eigenvalue weighted by Gasteiger charge is 2.06. The predicted molar refractivity (Wildman–Crippen MR) is 90.8 cm³/mol. The van der Waals surface area contributed by atoms with Crippen LogP contribution in [-0.4, -0.2) is 14.0 Å². The molecule has 0 unspecified atom stereocenters. The fraction of sp³-hybridized carbons (Fsp3) is 0.267. The Hall–Kier alpha value is -1.86. The molecule has 3 aromatic heterocycles. The van der Waals surface area contributed by atoms with Gasteiger partial charge in [-0.25, -0.2) is 4.98 Å². The Morgan fingerprint density at radius 3 is 2.82 bits per heavy atom. The van der Waals surface area contributed by atoms with Gasteiger partial charge in [0, 0.05) is 48.0 Å². The number of aromatic nitrogens is 3. The van der Waals surface area contributed by atoms with Crippen LogP contribution in [0.25, 0.3) is 4.96 Å². The predicted octanol–water partition coefficient (Wildman–Crippen LogP) is 2.20. The van der Waals surface area contributed by atoms with Gasteiger partial charge in [-0.3, -0.25) is 14.0 Å². The summed E-state index contributed by atoms with van der Waals surface area (Å²) in [5.74, 6) is 1.37. The molecule has 0 aliphatic heterocycles. The minimum atomic E-state index is -0.0343. The highest BCUT2D eigenvalue weighted by Crippen LogP contribution is 2.17. The van der Waals surface area contributed by atoms with Gasteiger partial charge >= 0.3 is 0 Å². The molecule has 5 nitrogen and oxygen atoms in total. The summed E-state index contributed by atoms with van der Waals surface area (Å²) < 4.78 is 3.17. The summed E-state index contributed by atoms with van der Waals surface area (Å²) in [5.41, 5.74) is 2.63. The summed E-state index contributed by atoms with van der Waals surface area (Å²) in [6, 6.07) is 5.16. The van der Waals surface area contributed by atoms with Crippen molar-refractivity contribution in [1.82, 2.24) is 14.0 Å². The van der Waals surface area contributed by atoms with Crippen molar-refractivity contribution in [2.24, 2.45) is 7.05 Å². The zero-order chi connectivity index (χ0) is 15.7. The standard InChI is InChI=1S/C15H15N3O2S2/c1-10-7-22-15-16-12(6-14(20)18(10)15)9-21-8-11-3-4-17(2)13(19)5-11/h3-7H,8-9H2,1-2H3. The van der Waals surface area contributed by atoms with E-state index in [2.05, 4.69) is 4.98 Å². The molecule has 0 aliphatic carbocycles. The van der Waals surface area contributed by atoms with E-state index in [9.17, 15) is 9.59 Å². The summed E-state index contributed by atoms with van der Waals surface area (Å²) in [4.78, 5) is 28.9. The first-order valence-corrected chi connectivity index (χ1v) is 8.78. The fourth-order valence-electron chi connectivity index (χ4n) is 2.13. The van der Waals surface area contributed by atoms with Gasteiger partial charge in [-0.2, -0.15) is 11.8 Å². The van der Waals surface area contributed by atoms with Crippen LogP contribution in [0, 0.1) is 6.92 Å². The number of pyridine rings is 1. The Balaban J connectivity index is 1.72. The van der Waals surface area contributed by atoms with Crippen LogP contribution in [0.1, 0.15) is 17.0 Å². The Bertz CT molecular complexity index is 940. The summed E-state index contributed by atoms with van der Waals surface area (Å²) in [6.07, 6.45) is 1.77. The summed E-state index contributed by atoms with van der Waals surface area (Å²) in [5, 5.41) is 1.93. The van der Waals surface area contributed by atoms with Crippen molar-refractivity contribution in [3.05, 3.63) is 67.4 Å². The number of thioether (sulfide) groups is 1. The Kier molecular flexibility index (Phi) is 4.17. The SMILES string of the molecule is Cc1csc2nc(CSCc3ccn(C)c(=O)c3)cc(=O)n12. The molecule has 0 aliphatic rings. The van der Waals surface area contributed by atoms with E-state index in [0.29, 0.717) is 5.75 Å². The second-order valence-corrected chi connectivity index (χ2v) is 6.88. The highest BCUT2D eigenvalue weighted by atomic mass is 32.2. The highest BCUT2D eigenvalue weighted by molar-refractivity contribution is 7.97. The van der Waals surface area contributed by atoms with Gasteiger partial charge in [0.25, 0.3) is 11.1 Å². The molecule has 3 rings (SSSR count). The van der Waals surface area contributed by atoms with Gasteiger partial charge in [0.05, 0.1) is 5.69 Å².